The standard InChI is InChI=1S/C20H25FN8O/c21-15-11-14(18(23)30)19(27-20(15)26-17-7-2-1-6-16(17)22)25-12-4-3-5-13(10-12)29-9-8-24-28-29/h3-5,8-11,16-17,24,28H,1-2,6-7,22H2,(H2,23,30)(H2,25,26,27)/p+1. The molecule has 1 amide bonds. The Morgan fingerprint density at radius 2 is 2.10 bits per heavy atom. The van der Waals surface area contributed by atoms with Crippen LogP contribution in [0.1, 0.15) is 36.0 Å². The summed E-state index contributed by atoms with van der Waals surface area (Å²) in [5.41, 5.74) is 18.0. The average molecular weight is 413 g/mol. The van der Waals surface area contributed by atoms with Gasteiger partial charge in [-0.25, -0.2) is 19.8 Å². The first-order valence-electron chi connectivity index (χ1n) is 9.96. The van der Waals surface area contributed by atoms with Crippen molar-refractivity contribution in [3.63, 3.8) is 0 Å². The van der Waals surface area contributed by atoms with E-state index in [0.29, 0.717) is 5.69 Å². The van der Waals surface area contributed by atoms with Crippen molar-refractivity contribution >= 4 is 28.9 Å². The van der Waals surface area contributed by atoms with Crippen LogP contribution in [-0.4, -0.2) is 23.0 Å². The van der Waals surface area contributed by atoms with E-state index in [9.17, 15) is 9.18 Å². The van der Waals surface area contributed by atoms with Crippen LogP contribution >= 0.6 is 0 Å². The predicted octanol–water partition coefficient (Wildman–Crippen LogP) is 1.02. The Hall–Kier alpha value is -3.21. The number of aromatic nitrogens is 1. The molecule has 2 unspecified atom stereocenters. The van der Waals surface area contributed by atoms with E-state index in [4.69, 9.17) is 11.5 Å². The number of quaternary nitrogens is 1. The largest absolute Gasteiger partial charge is 0.365 e. The van der Waals surface area contributed by atoms with E-state index < -0.39 is 11.7 Å². The Morgan fingerprint density at radius 1 is 1.27 bits per heavy atom. The van der Waals surface area contributed by atoms with Crippen LogP contribution in [0.15, 0.2) is 42.7 Å². The number of anilines is 4. The SMILES string of the molecule is NC(=O)c1cc(F)c(NC2CCCCC2N)nc1Nc1cccc(N2C=C[NH2+]N2)c1. The van der Waals surface area contributed by atoms with Gasteiger partial charge in [0.05, 0.1) is 17.5 Å². The molecule has 2 aromatic rings. The second-order valence-electron chi connectivity index (χ2n) is 7.46. The number of hydrogen-bond donors (Lipinski definition) is 6. The number of nitrogens with zero attached hydrogens (tertiary/aromatic N) is 2. The summed E-state index contributed by atoms with van der Waals surface area (Å²) in [5.74, 6) is -1.16. The maximum atomic E-state index is 14.7. The van der Waals surface area contributed by atoms with Gasteiger partial charge in [-0.05, 0) is 37.1 Å². The van der Waals surface area contributed by atoms with Crippen molar-refractivity contribution in [2.75, 3.05) is 15.6 Å². The summed E-state index contributed by atoms with van der Waals surface area (Å²) in [7, 11) is 0. The first-order valence-corrected chi connectivity index (χ1v) is 9.96. The van der Waals surface area contributed by atoms with Crippen LogP contribution in [-0.2, 0) is 0 Å². The Labute approximate surface area is 173 Å². The lowest BCUT2D eigenvalue weighted by Crippen LogP contribution is -2.87. The van der Waals surface area contributed by atoms with Crippen molar-refractivity contribution in [1.29, 1.82) is 0 Å². The highest BCUT2D eigenvalue weighted by Crippen LogP contribution is 2.28. The van der Waals surface area contributed by atoms with Gasteiger partial charge in [0.1, 0.15) is 12.0 Å². The normalized spacial score (nSPS) is 20.9. The van der Waals surface area contributed by atoms with Crippen molar-refractivity contribution in [3.8, 4) is 0 Å². The number of primary amides is 1. The molecule has 1 saturated carbocycles. The summed E-state index contributed by atoms with van der Waals surface area (Å²) in [4.78, 5) is 16.2. The van der Waals surface area contributed by atoms with Crippen molar-refractivity contribution < 1.29 is 14.6 Å². The zero-order valence-corrected chi connectivity index (χ0v) is 16.4. The Balaban J connectivity index is 1.62. The van der Waals surface area contributed by atoms with E-state index in [0.717, 1.165) is 37.4 Å². The number of hydrazine groups is 1. The third kappa shape index (κ3) is 4.35. The fourth-order valence-corrected chi connectivity index (χ4v) is 3.71. The number of carbonyl (C=O) groups excluding carboxylic acids is 1. The van der Waals surface area contributed by atoms with Crippen LogP contribution in [0.25, 0.3) is 0 Å². The Bertz CT molecular complexity index is 966. The molecule has 158 valence electrons. The molecule has 1 aliphatic heterocycles. The Morgan fingerprint density at radius 3 is 2.83 bits per heavy atom. The molecule has 10 heteroatoms. The minimum Gasteiger partial charge on any atom is -0.365 e. The fraction of sp³-hybridized carbons (Fsp3) is 0.300. The van der Waals surface area contributed by atoms with Crippen LogP contribution in [0, 0.1) is 5.82 Å². The molecule has 9 N–H and O–H groups in total. The van der Waals surface area contributed by atoms with Crippen molar-refractivity contribution in [2.45, 2.75) is 37.8 Å². The molecule has 1 aliphatic carbocycles. The number of carbonyl (C=O) groups is 1. The highest BCUT2D eigenvalue weighted by atomic mass is 19.1. The quantitative estimate of drug-likeness (QED) is 0.389. The zero-order chi connectivity index (χ0) is 21.1. The van der Waals surface area contributed by atoms with Crippen molar-refractivity contribution in [2.24, 2.45) is 11.5 Å². The maximum Gasteiger partial charge on any atom is 0.252 e. The zero-order valence-electron chi connectivity index (χ0n) is 16.4. The molecule has 1 aromatic carbocycles. The van der Waals surface area contributed by atoms with E-state index in [2.05, 4.69) is 21.2 Å². The van der Waals surface area contributed by atoms with E-state index in [1.54, 1.807) is 5.43 Å². The number of hydrogen-bond acceptors (Lipinski definition) is 7. The third-order valence-electron chi connectivity index (χ3n) is 5.32. The Kier molecular flexibility index (Phi) is 5.79. The van der Waals surface area contributed by atoms with Crippen molar-refractivity contribution in [1.82, 2.24) is 10.5 Å². The molecule has 2 atom stereocenters. The molecule has 0 bridgehead atoms. The molecule has 1 aromatic heterocycles. The lowest BCUT2D eigenvalue weighted by Gasteiger charge is -2.30. The number of pyridine rings is 1. The van der Waals surface area contributed by atoms with Crippen LogP contribution in [0.5, 0.6) is 0 Å². The second kappa shape index (κ2) is 8.66. The van der Waals surface area contributed by atoms with Gasteiger partial charge >= 0.3 is 0 Å². The molecule has 0 radical (unpaired) electrons. The number of rotatable bonds is 6. The number of nitrogens with one attached hydrogen (secondary N) is 3. The highest BCUT2D eigenvalue weighted by molar-refractivity contribution is 5.98. The van der Waals surface area contributed by atoms with Gasteiger partial charge in [-0.15, -0.1) is 0 Å². The smallest absolute Gasteiger partial charge is 0.252 e. The van der Waals surface area contributed by atoms with Gasteiger partial charge in [0, 0.05) is 17.8 Å². The number of amides is 1. The number of benzene rings is 1. The van der Waals surface area contributed by atoms with Gasteiger partial charge in [0.15, 0.2) is 11.6 Å². The molecule has 1 fully saturated rings. The van der Waals surface area contributed by atoms with Gasteiger partial charge in [-0.2, -0.15) is 0 Å². The highest BCUT2D eigenvalue weighted by Gasteiger charge is 2.24. The predicted molar refractivity (Wildman–Crippen MR) is 113 cm³/mol. The average Bonchev–Trinajstić information content (AvgIpc) is 3.27. The maximum absolute atomic E-state index is 14.7. The van der Waals surface area contributed by atoms with Crippen LogP contribution < -0.4 is 38.1 Å². The van der Waals surface area contributed by atoms with E-state index in [1.165, 1.54) is 0 Å². The van der Waals surface area contributed by atoms with Gasteiger partial charge < -0.3 is 22.1 Å². The summed E-state index contributed by atoms with van der Waals surface area (Å²) in [6, 6.07) is 8.45. The topological polar surface area (TPSA) is 138 Å². The molecule has 0 spiro atoms. The lowest BCUT2D eigenvalue weighted by atomic mass is 9.91. The van der Waals surface area contributed by atoms with E-state index >= 15 is 0 Å². The van der Waals surface area contributed by atoms with Gasteiger partial charge in [-0.3, -0.25) is 4.79 Å². The summed E-state index contributed by atoms with van der Waals surface area (Å²) >= 11 is 0. The molecule has 0 saturated heterocycles. The molecule has 2 heterocycles. The lowest BCUT2D eigenvalue weighted by molar-refractivity contribution is -0.640. The molecular weight excluding hydrogens is 387 g/mol. The molecular formula is C20H26FN8O+. The first-order chi connectivity index (χ1) is 14.5. The summed E-state index contributed by atoms with van der Waals surface area (Å²) in [5, 5.41) is 8.04. The second-order valence-corrected chi connectivity index (χ2v) is 7.46. The number of nitrogens with two attached hydrogens (primary N) is 3. The van der Waals surface area contributed by atoms with E-state index in [-0.39, 0.29) is 29.3 Å². The summed E-state index contributed by atoms with van der Waals surface area (Å²) in [6.07, 6.45) is 7.57. The molecule has 30 heavy (non-hydrogen) atoms. The molecule has 2 aliphatic rings. The fourth-order valence-electron chi connectivity index (χ4n) is 3.71. The monoisotopic (exact) mass is 413 g/mol. The van der Waals surface area contributed by atoms with Crippen LogP contribution in [0.4, 0.5) is 27.4 Å². The van der Waals surface area contributed by atoms with Crippen LogP contribution in [0.2, 0.25) is 0 Å². The van der Waals surface area contributed by atoms with Gasteiger partial charge in [0.25, 0.3) is 5.91 Å². The minimum absolute atomic E-state index is 0.0241. The third-order valence-corrected chi connectivity index (χ3v) is 5.32. The van der Waals surface area contributed by atoms with Crippen molar-refractivity contribution in [3.05, 3.63) is 54.1 Å². The number of halogens is 1. The summed E-state index contributed by atoms with van der Waals surface area (Å²) < 4.78 is 14.7. The van der Waals surface area contributed by atoms with Gasteiger partial charge in [-0.1, -0.05) is 24.4 Å². The first kappa shape index (κ1) is 20.1. The summed E-state index contributed by atoms with van der Waals surface area (Å²) in [6.45, 7) is 0. The van der Waals surface area contributed by atoms with Crippen LogP contribution in [0.3, 0.4) is 0 Å². The minimum atomic E-state index is -0.764. The van der Waals surface area contributed by atoms with Gasteiger partial charge in [0.2, 0.25) is 0 Å². The molecule has 4 rings (SSSR count). The molecule has 9 nitrogen and oxygen atoms in total. The van der Waals surface area contributed by atoms with E-state index in [1.807, 2.05) is 41.7 Å².